The summed E-state index contributed by atoms with van der Waals surface area (Å²) in [5, 5.41) is 9.35. The second-order valence-electron chi connectivity index (χ2n) is 8.17. The number of allylic oxidation sites excluding steroid dienone is 10. The number of aliphatic hydroxyl groups excluding tert-OH is 1. The van der Waals surface area contributed by atoms with E-state index in [2.05, 4.69) is 37.6 Å². The van der Waals surface area contributed by atoms with E-state index in [1.807, 2.05) is 6.92 Å². The maximum Gasteiger partial charge on any atom is 0.200 e. The molecule has 0 fully saturated rings. The van der Waals surface area contributed by atoms with Gasteiger partial charge in [-0.2, -0.15) is 4.39 Å². The van der Waals surface area contributed by atoms with Crippen LogP contribution in [0, 0.1) is 11.8 Å². The second kappa shape index (κ2) is 16.9. The number of methoxy groups -OCH3 is 1. The lowest BCUT2D eigenvalue weighted by Gasteiger charge is -2.17. The van der Waals surface area contributed by atoms with Gasteiger partial charge < -0.3 is 9.84 Å². The minimum atomic E-state index is -1.25. The summed E-state index contributed by atoms with van der Waals surface area (Å²) in [5.74, 6) is -5.92. The van der Waals surface area contributed by atoms with Gasteiger partial charge in [0.05, 0.1) is 13.2 Å². The predicted molar refractivity (Wildman–Crippen MR) is 136 cm³/mol. The summed E-state index contributed by atoms with van der Waals surface area (Å²) in [6.07, 6.45) is 3.88. The molecule has 3 unspecified atom stereocenters. The fourth-order valence-corrected chi connectivity index (χ4v) is 2.52. The van der Waals surface area contributed by atoms with Gasteiger partial charge in [-0.15, -0.1) is 6.58 Å². The van der Waals surface area contributed by atoms with Crippen molar-refractivity contribution in [3.63, 3.8) is 0 Å². The smallest absolute Gasteiger partial charge is 0.200 e. The highest BCUT2D eigenvalue weighted by Crippen LogP contribution is 2.33. The predicted octanol–water partition coefficient (Wildman–Crippen LogP) is 9.08. The molecule has 0 amide bonds. The lowest BCUT2D eigenvalue weighted by Crippen LogP contribution is -2.07. The molecule has 0 radical (unpaired) electrons. The van der Waals surface area contributed by atoms with Crippen LogP contribution in [0.1, 0.15) is 53.9 Å². The molecule has 0 aromatic carbocycles. The van der Waals surface area contributed by atoms with Gasteiger partial charge in [0, 0.05) is 5.57 Å². The van der Waals surface area contributed by atoms with E-state index < -0.39 is 41.1 Å². The zero-order valence-electron chi connectivity index (χ0n) is 21.4. The highest BCUT2D eigenvalue weighted by atomic mass is 19.2. The van der Waals surface area contributed by atoms with Crippen molar-refractivity contribution >= 4 is 0 Å². The van der Waals surface area contributed by atoms with Gasteiger partial charge in [-0.25, -0.2) is 13.2 Å². The van der Waals surface area contributed by atoms with Gasteiger partial charge in [0.15, 0.2) is 17.5 Å². The third kappa shape index (κ3) is 11.5. The number of halogens is 4. The van der Waals surface area contributed by atoms with Gasteiger partial charge in [-0.1, -0.05) is 52.3 Å². The van der Waals surface area contributed by atoms with Gasteiger partial charge in [0.1, 0.15) is 5.76 Å². The van der Waals surface area contributed by atoms with Gasteiger partial charge in [0.2, 0.25) is 5.83 Å². The third-order valence-corrected chi connectivity index (χ3v) is 5.17. The summed E-state index contributed by atoms with van der Waals surface area (Å²) in [6, 6.07) is 0. The summed E-state index contributed by atoms with van der Waals surface area (Å²) in [4.78, 5) is 0. The largest absolute Gasteiger partial charge is 0.494 e. The molecular weight excluding hydrogens is 444 g/mol. The molecule has 0 aliphatic heterocycles. The molecule has 1 N–H and O–H groups in total. The number of ether oxygens (including phenoxy) is 1. The van der Waals surface area contributed by atoms with Gasteiger partial charge in [0.25, 0.3) is 0 Å². The van der Waals surface area contributed by atoms with Crippen molar-refractivity contribution in [2.24, 2.45) is 11.8 Å². The molecule has 0 aliphatic carbocycles. The first-order valence-electron chi connectivity index (χ1n) is 11.0. The summed E-state index contributed by atoms with van der Waals surface area (Å²) in [5.41, 5.74) is 0.0758. The van der Waals surface area contributed by atoms with Crippen molar-refractivity contribution in [3.8, 4) is 0 Å². The van der Waals surface area contributed by atoms with E-state index in [0.717, 1.165) is 7.11 Å². The molecule has 192 valence electrons. The monoisotopic (exact) mass is 484 g/mol. The summed E-state index contributed by atoms with van der Waals surface area (Å²) in [7, 11) is 1.16. The topological polar surface area (TPSA) is 29.5 Å². The normalized spacial score (nSPS) is 15.4. The Balaban J connectivity index is 0. The molecule has 0 rings (SSSR count). The van der Waals surface area contributed by atoms with Crippen molar-refractivity contribution in [2.75, 3.05) is 7.11 Å². The van der Waals surface area contributed by atoms with Gasteiger partial charge in [-0.05, 0) is 68.6 Å². The number of aliphatic hydroxyl groups is 1. The van der Waals surface area contributed by atoms with Crippen LogP contribution in [0.15, 0.2) is 96.4 Å². The molecule has 0 aliphatic rings. The van der Waals surface area contributed by atoms with E-state index in [0.29, 0.717) is 18.4 Å². The maximum atomic E-state index is 14.6. The lowest BCUT2D eigenvalue weighted by molar-refractivity contribution is 0.177. The van der Waals surface area contributed by atoms with Crippen LogP contribution in [0.25, 0.3) is 0 Å². The Morgan fingerprint density at radius 1 is 0.853 bits per heavy atom. The molecule has 0 aromatic heterocycles. The van der Waals surface area contributed by atoms with E-state index >= 15 is 0 Å². The fourth-order valence-electron chi connectivity index (χ4n) is 2.52. The highest BCUT2D eigenvalue weighted by molar-refractivity contribution is 5.44. The quantitative estimate of drug-likeness (QED) is 0.122. The van der Waals surface area contributed by atoms with Crippen molar-refractivity contribution in [3.05, 3.63) is 96.4 Å². The van der Waals surface area contributed by atoms with E-state index in [9.17, 15) is 22.7 Å². The molecular formula is C28H40F4O2. The molecule has 3 atom stereocenters. The second-order valence-corrected chi connectivity index (χ2v) is 8.17. The molecule has 2 nitrogen and oxygen atoms in total. The minimum Gasteiger partial charge on any atom is -0.494 e. The van der Waals surface area contributed by atoms with Gasteiger partial charge in [-0.3, -0.25) is 0 Å². The Bertz CT molecular complexity index is 844. The number of hydrogen-bond acceptors (Lipinski definition) is 2. The summed E-state index contributed by atoms with van der Waals surface area (Å²) >= 11 is 0. The van der Waals surface area contributed by atoms with Gasteiger partial charge >= 0.3 is 0 Å². The van der Waals surface area contributed by atoms with Crippen LogP contribution in [0.4, 0.5) is 17.6 Å². The number of hydrogen-bond donors (Lipinski definition) is 1. The first-order valence-corrected chi connectivity index (χ1v) is 11.0. The molecule has 0 saturated heterocycles. The van der Waals surface area contributed by atoms with Crippen molar-refractivity contribution < 1.29 is 27.4 Å². The molecule has 34 heavy (non-hydrogen) atoms. The Hall–Kier alpha value is -2.60. The average molecular weight is 485 g/mol. The third-order valence-electron chi connectivity index (χ3n) is 5.17. The van der Waals surface area contributed by atoms with E-state index in [1.54, 1.807) is 32.9 Å². The van der Waals surface area contributed by atoms with Crippen LogP contribution >= 0.6 is 0 Å². The summed E-state index contributed by atoms with van der Waals surface area (Å²) < 4.78 is 61.7. The maximum absolute atomic E-state index is 14.6. The van der Waals surface area contributed by atoms with Crippen LogP contribution in [-0.2, 0) is 4.74 Å². The van der Waals surface area contributed by atoms with E-state index in [1.165, 1.54) is 6.92 Å². The Morgan fingerprint density at radius 3 is 1.71 bits per heavy atom. The lowest BCUT2D eigenvalue weighted by atomic mass is 9.91. The Morgan fingerprint density at radius 2 is 1.29 bits per heavy atom. The molecule has 6 heteroatoms. The van der Waals surface area contributed by atoms with Crippen LogP contribution in [0.2, 0.25) is 0 Å². The van der Waals surface area contributed by atoms with Crippen molar-refractivity contribution in [1.29, 1.82) is 0 Å². The number of rotatable bonds is 13. The molecule has 0 spiro atoms. The average Bonchev–Trinajstić information content (AvgIpc) is 2.81. The van der Waals surface area contributed by atoms with Crippen LogP contribution in [0.3, 0.4) is 0 Å². The molecule has 0 heterocycles. The minimum absolute atomic E-state index is 0.00709. The molecule has 0 aromatic rings. The van der Waals surface area contributed by atoms with Crippen LogP contribution in [-0.4, -0.2) is 18.3 Å². The van der Waals surface area contributed by atoms with Crippen LogP contribution in [0.5, 0.6) is 0 Å². The van der Waals surface area contributed by atoms with Crippen molar-refractivity contribution in [1.82, 2.24) is 0 Å². The molecule has 0 saturated carbocycles. The van der Waals surface area contributed by atoms with E-state index in [-0.39, 0.29) is 29.1 Å². The Kier molecular flexibility index (Phi) is 16.7. The zero-order valence-corrected chi connectivity index (χ0v) is 21.4. The van der Waals surface area contributed by atoms with Crippen molar-refractivity contribution in [2.45, 2.75) is 60.0 Å². The summed E-state index contributed by atoms with van der Waals surface area (Å²) in [6.45, 7) is 25.8. The SMILES string of the molecule is C=C(OC)/C(F)=C(/F)C(=C)/C(C)=C/CC(C)C(=C)/C(F)=C(/F)C(=C)C(C)CCC(C)O.C=CC. The Labute approximate surface area is 203 Å². The fraction of sp³-hybridized carbons (Fsp3) is 0.429. The first-order chi connectivity index (χ1) is 15.7. The van der Waals surface area contributed by atoms with Crippen LogP contribution < -0.4 is 0 Å². The zero-order chi connectivity index (χ0) is 27.2. The first kappa shape index (κ1) is 33.6. The van der Waals surface area contributed by atoms with E-state index in [4.69, 9.17) is 0 Å². The molecule has 0 bridgehead atoms. The standard InChI is InChI=1S/C25H34F4O2.C3H6/c1-14(10-11-15(2)20(7)24(28)25(29)21(8)31-9)18(5)22(26)23(27)19(6)16(3)12-13-17(4)30;1-3-2/h11,14,16-17,30H,5-8,10,12-13H2,1-4,9H3;3H,1H2,2H3/b15-11+,23-22-,25-24-;. The highest BCUT2D eigenvalue weighted by Gasteiger charge is 2.21.